The molecule has 0 spiro atoms. The number of furan rings is 1. The van der Waals surface area contributed by atoms with Gasteiger partial charge in [0, 0.05) is 18.0 Å². The number of hydrogen-bond acceptors (Lipinski definition) is 4. The number of halogens is 1. The van der Waals surface area contributed by atoms with Gasteiger partial charge in [-0.1, -0.05) is 0 Å². The van der Waals surface area contributed by atoms with Crippen molar-refractivity contribution in [3.8, 4) is 0 Å². The van der Waals surface area contributed by atoms with Crippen molar-refractivity contribution in [3.05, 3.63) is 45.8 Å². The van der Waals surface area contributed by atoms with Crippen LogP contribution in [-0.4, -0.2) is 26.6 Å². The molecular weight excluding hydrogens is 394 g/mol. The van der Waals surface area contributed by atoms with E-state index in [1.807, 2.05) is 13.8 Å². The molecule has 0 atom stereocenters. The molecular formula is C17H20BrNO4S. The van der Waals surface area contributed by atoms with Crippen molar-refractivity contribution in [2.24, 2.45) is 0 Å². The van der Waals surface area contributed by atoms with Crippen LogP contribution < -0.4 is 4.90 Å². The zero-order chi connectivity index (χ0) is 18.2. The van der Waals surface area contributed by atoms with E-state index in [1.54, 1.807) is 30.9 Å². The number of amides is 1. The van der Waals surface area contributed by atoms with Gasteiger partial charge in [-0.3, -0.25) is 4.79 Å². The lowest BCUT2D eigenvalue weighted by atomic mass is 10.1. The number of hydrogen-bond donors (Lipinski definition) is 0. The second-order valence-corrected chi connectivity index (χ2v) is 8.75. The van der Waals surface area contributed by atoms with Crippen LogP contribution in [0.3, 0.4) is 0 Å². The average Bonchev–Trinajstić information content (AvgIpc) is 2.71. The number of sulfone groups is 1. The first-order chi connectivity index (χ1) is 11.0. The molecule has 1 aromatic carbocycles. The first-order valence-corrected chi connectivity index (χ1v) is 10.1. The van der Waals surface area contributed by atoms with Crippen LogP contribution in [0.2, 0.25) is 0 Å². The maximum atomic E-state index is 13.0. The highest BCUT2D eigenvalue weighted by molar-refractivity contribution is 9.10. The Balaban J connectivity index is 2.48. The maximum absolute atomic E-state index is 13.0. The Morgan fingerprint density at radius 2 is 1.67 bits per heavy atom. The van der Waals surface area contributed by atoms with Crippen molar-refractivity contribution >= 4 is 37.4 Å². The number of rotatable bonds is 4. The third kappa shape index (κ3) is 3.57. The normalized spacial score (nSPS) is 11.8. The van der Waals surface area contributed by atoms with Crippen LogP contribution in [0, 0.1) is 13.8 Å². The minimum Gasteiger partial charge on any atom is -0.465 e. The first-order valence-electron chi connectivity index (χ1n) is 7.43. The van der Waals surface area contributed by atoms with Gasteiger partial charge in [0.05, 0.1) is 14.9 Å². The van der Waals surface area contributed by atoms with Gasteiger partial charge >= 0.3 is 0 Å². The lowest BCUT2D eigenvalue weighted by molar-refractivity contribution is 0.0978. The van der Waals surface area contributed by atoms with E-state index in [0.717, 1.165) is 6.26 Å². The van der Waals surface area contributed by atoms with E-state index in [1.165, 1.54) is 12.1 Å². The molecule has 1 aromatic heterocycles. The van der Waals surface area contributed by atoms with Crippen LogP contribution in [0.5, 0.6) is 0 Å². The van der Waals surface area contributed by atoms with Gasteiger partial charge < -0.3 is 9.32 Å². The summed E-state index contributed by atoms with van der Waals surface area (Å²) >= 11 is 3.41. The summed E-state index contributed by atoms with van der Waals surface area (Å²) in [5.41, 5.74) is 1.11. The summed E-state index contributed by atoms with van der Waals surface area (Å²) in [6, 6.07) is 6.20. The van der Waals surface area contributed by atoms with Crippen LogP contribution in [0.4, 0.5) is 5.69 Å². The zero-order valence-corrected chi connectivity index (χ0v) is 16.7. The van der Waals surface area contributed by atoms with Gasteiger partial charge in [-0.25, -0.2) is 8.42 Å². The highest BCUT2D eigenvalue weighted by Crippen LogP contribution is 2.31. The summed E-state index contributed by atoms with van der Waals surface area (Å²) in [6.07, 6.45) is 1.15. The Hall–Kier alpha value is -1.60. The molecule has 7 heteroatoms. The number of aryl methyl sites for hydroxylation is 2. The van der Waals surface area contributed by atoms with E-state index < -0.39 is 9.84 Å². The Morgan fingerprint density at radius 3 is 2.04 bits per heavy atom. The molecule has 0 saturated heterocycles. The molecule has 0 N–H and O–H groups in total. The SMILES string of the molecule is Cc1oc(C)c(C(=O)N(c2ccc(S(C)(=O)=O)cc2)C(C)C)c1Br. The molecule has 2 rings (SSSR count). The Labute approximate surface area is 150 Å². The third-order valence-electron chi connectivity index (χ3n) is 3.68. The van der Waals surface area contributed by atoms with Crippen LogP contribution in [0.25, 0.3) is 0 Å². The Morgan fingerprint density at radius 1 is 1.12 bits per heavy atom. The lowest BCUT2D eigenvalue weighted by Crippen LogP contribution is -2.37. The summed E-state index contributed by atoms with van der Waals surface area (Å²) in [5, 5.41) is 0. The number of nitrogens with zero attached hydrogens (tertiary/aromatic N) is 1. The molecule has 0 radical (unpaired) electrons. The smallest absolute Gasteiger partial charge is 0.263 e. The minimum atomic E-state index is -3.27. The zero-order valence-electron chi connectivity index (χ0n) is 14.3. The standard InChI is InChI=1S/C17H20BrNO4S/c1-10(2)19(13-6-8-14(9-7-13)24(5,21)22)17(20)15-11(3)23-12(4)16(15)18/h6-10H,1-5H3. The molecule has 1 heterocycles. The predicted molar refractivity (Wildman–Crippen MR) is 97.4 cm³/mol. The maximum Gasteiger partial charge on any atom is 0.263 e. The molecule has 1 amide bonds. The lowest BCUT2D eigenvalue weighted by Gasteiger charge is -2.27. The van der Waals surface area contributed by atoms with Gasteiger partial charge in [-0.05, 0) is 67.9 Å². The highest BCUT2D eigenvalue weighted by Gasteiger charge is 2.27. The second-order valence-electron chi connectivity index (χ2n) is 5.94. The van der Waals surface area contributed by atoms with Crippen LogP contribution in [0.15, 0.2) is 38.1 Å². The van der Waals surface area contributed by atoms with Crippen LogP contribution in [-0.2, 0) is 9.84 Å². The molecule has 0 aliphatic rings. The number of carbonyl (C=O) groups excluding carboxylic acids is 1. The van der Waals surface area contributed by atoms with E-state index in [0.29, 0.717) is 27.2 Å². The summed E-state index contributed by atoms with van der Waals surface area (Å²) < 4.78 is 29.4. The predicted octanol–water partition coefficient (Wildman–Crippen LogP) is 4.12. The fourth-order valence-corrected chi connectivity index (χ4v) is 3.69. The molecule has 0 aliphatic heterocycles. The van der Waals surface area contributed by atoms with E-state index >= 15 is 0 Å². The number of benzene rings is 1. The molecule has 130 valence electrons. The second kappa shape index (κ2) is 6.72. The molecule has 24 heavy (non-hydrogen) atoms. The van der Waals surface area contributed by atoms with Gasteiger partial charge in [0.1, 0.15) is 11.5 Å². The van der Waals surface area contributed by atoms with E-state index in [9.17, 15) is 13.2 Å². The molecule has 0 saturated carbocycles. The molecule has 0 unspecified atom stereocenters. The van der Waals surface area contributed by atoms with E-state index in [4.69, 9.17) is 4.42 Å². The fraction of sp³-hybridized carbons (Fsp3) is 0.353. The minimum absolute atomic E-state index is 0.108. The van der Waals surface area contributed by atoms with Gasteiger partial charge in [-0.2, -0.15) is 0 Å². The van der Waals surface area contributed by atoms with E-state index in [-0.39, 0.29) is 16.8 Å². The van der Waals surface area contributed by atoms with Crippen molar-refractivity contribution in [1.82, 2.24) is 0 Å². The Bertz CT molecular complexity index is 867. The van der Waals surface area contributed by atoms with Crippen molar-refractivity contribution in [3.63, 3.8) is 0 Å². The van der Waals surface area contributed by atoms with Gasteiger partial charge in [0.25, 0.3) is 5.91 Å². The van der Waals surface area contributed by atoms with Crippen molar-refractivity contribution < 1.29 is 17.6 Å². The summed E-state index contributed by atoms with van der Waals surface area (Å²) in [4.78, 5) is 14.9. The van der Waals surface area contributed by atoms with E-state index in [2.05, 4.69) is 15.9 Å². The number of anilines is 1. The largest absolute Gasteiger partial charge is 0.465 e. The van der Waals surface area contributed by atoms with Gasteiger partial charge in [0.2, 0.25) is 0 Å². The van der Waals surface area contributed by atoms with Crippen LogP contribution in [0.1, 0.15) is 35.7 Å². The van der Waals surface area contributed by atoms with Crippen molar-refractivity contribution in [2.75, 3.05) is 11.2 Å². The average molecular weight is 414 g/mol. The Kier molecular flexibility index (Phi) is 5.25. The summed E-state index contributed by atoms with van der Waals surface area (Å²) in [6.45, 7) is 7.34. The van der Waals surface area contributed by atoms with Gasteiger partial charge in [-0.15, -0.1) is 0 Å². The molecule has 0 bridgehead atoms. The van der Waals surface area contributed by atoms with Crippen LogP contribution >= 0.6 is 15.9 Å². The highest BCUT2D eigenvalue weighted by atomic mass is 79.9. The quantitative estimate of drug-likeness (QED) is 0.755. The fourth-order valence-electron chi connectivity index (χ4n) is 2.52. The van der Waals surface area contributed by atoms with Crippen molar-refractivity contribution in [1.29, 1.82) is 0 Å². The molecule has 5 nitrogen and oxygen atoms in total. The van der Waals surface area contributed by atoms with Crippen molar-refractivity contribution in [2.45, 2.75) is 38.6 Å². The molecule has 0 aliphatic carbocycles. The third-order valence-corrected chi connectivity index (χ3v) is 5.76. The molecule has 0 fully saturated rings. The number of carbonyl (C=O) groups is 1. The summed E-state index contributed by atoms with van der Waals surface area (Å²) in [7, 11) is -3.27. The molecule has 2 aromatic rings. The van der Waals surface area contributed by atoms with Gasteiger partial charge in [0.15, 0.2) is 9.84 Å². The monoisotopic (exact) mass is 413 g/mol. The first kappa shape index (κ1) is 18.7. The summed E-state index contributed by atoms with van der Waals surface area (Å²) in [5.74, 6) is 0.994. The topological polar surface area (TPSA) is 67.6 Å².